The van der Waals surface area contributed by atoms with E-state index in [1.54, 1.807) is 6.07 Å². The molecule has 0 atom stereocenters. The normalized spacial score (nSPS) is 13.5. The Morgan fingerprint density at radius 1 is 1.39 bits per heavy atom. The number of rotatable bonds is 1. The van der Waals surface area contributed by atoms with Crippen molar-refractivity contribution in [3.63, 3.8) is 0 Å². The lowest BCUT2D eigenvalue weighted by Gasteiger charge is -2.17. The number of carbonyl (C=O) groups excluding carboxylic acids is 1. The van der Waals surface area contributed by atoms with Gasteiger partial charge in [-0.3, -0.25) is 4.79 Å². The van der Waals surface area contributed by atoms with E-state index in [2.05, 4.69) is 10.1 Å². The lowest BCUT2D eigenvalue weighted by Crippen LogP contribution is -2.17. The number of benzene rings is 1. The zero-order valence-electron chi connectivity index (χ0n) is 11.2. The van der Waals surface area contributed by atoms with Gasteiger partial charge in [-0.15, -0.1) is 0 Å². The van der Waals surface area contributed by atoms with E-state index >= 15 is 0 Å². The summed E-state index contributed by atoms with van der Waals surface area (Å²) in [4.78, 5) is 9.60. The van der Waals surface area contributed by atoms with Crippen molar-refractivity contribution >= 4 is 12.2 Å². The van der Waals surface area contributed by atoms with Crippen LogP contribution in [0.5, 0.6) is 5.75 Å². The average molecular weight is 251 g/mol. The van der Waals surface area contributed by atoms with Gasteiger partial charge in [0.05, 0.1) is 0 Å². The second kappa shape index (κ2) is 6.28. The number of fused-ring (bicyclic) bond motifs is 1. The van der Waals surface area contributed by atoms with Crippen LogP contribution < -0.4 is 5.32 Å². The van der Waals surface area contributed by atoms with Crippen LogP contribution in [-0.2, 0) is 16.0 Å². The van der Waals surface area contributed by atoms with Crippen LogP contribution in [-0.4, -0.2) is 23.7 Å². The largest absolute Gasteiger partial charge is 0.508 e. The zero-order chi connectivity index (χ0) is 13.6. The molecule has 1 heterocycles. The SMILES string of the molecule is CC(C)(C)OC=O.Oc1ccc2c(c1)CCCN2. The van der Waals surface area contributed by atoms with Crippen molar-refractivity contribution in [3.05, 3.63) is 23.8 Å². The van der Waals surface area contributed by atoms with Crippen LogP contribution in [0.2, 0.25) is 0 Å². The predicted octanol–water partition coefficient (Wildman–Crippen LogP) is 2.71. The number of anilines is 1. The highest BCUT2D eigenvalue weighted by molar-refractivity contribution is 5.55. The third-order valence-electron chi connectivity index (χ3n) is 2.43. The first-order valence-corrected chi connectivity index (χ1v) is 6.09. The van der Waals surface area contributed by atoms with Gasteiger partial charge in [0.15, 0.2) is 0 Å². The summed E-state index contributed by atoms with van der Waals surface area (Å²) in [5.74, 6) is 0.368. The number of ether oxygens (including phenoxy) is 1. The fourth-order valence-electron chi connectivity index (χ4n) is 1.61. The highest BCUT2D eigenvalue weighted by Crippen LogP contribution is 2.25. The maximum Gasteiger partial charge on any atom is 0.293 e. The molecule has 0 saturated carbocycles. The number of aromatic hydroxyl groups is 1. The summed E-state index contributed by atoms with van der Waals surface area (Å²) in [5.41, 5.74) is 2.09. The summed E-state index contributed by atoms with van der Waals surface area (Å²) in [6.07, 6.45) is 2.24. The molecule has 0 fully saturated rings. The van der Waals surface area contributed by atoms with Crippen molar-refractivity contribution < 1.29 is 14.6 Å². The molecule has 0 radical (unpaired) electrons. The molecule has 2 N–H and O–H groups in total. The van der Waals surface area contributed by atoms with Gasteiger partial charge in [-0.25, -0.2) is 0 Å². The first-order chi connectivity index (χ1) is 8.42. The molecular formula is C14H21NO3. The minimum absolute atomic E-state index is 0.318. The molecule has 0 saturated heterocycles. The Labute approximate surface area is 108 Å². The molecule has 1 aliphatic heterocycles. The highest BCUT2D eigenvalue weighted by atomic mass is 16.5. The number of nitrogens with one attached hydrogen (secondary N) is 1. The highest BCUT2D eigenvalue weighted by Gasteiger charge is 2.08. The van der Waals surface area contributed by atoms with Crippen LogP contribution in [0.1, 0.15) is 32.8 Å². The zero-order valence-corrected chi connectivity index (χ0v) is 11.2. The first-order valence-electron chi connectivity index (χ1n) is 6.09. The Kier molecular flexibility index (Phi) is 5.01. The van der Waals surface area contributed by atoms with Gasteiger partial charge < -0.3 is 15.2 Å². The second-order valence-electron chi connectivity index (χ2n) is 5.20. The Bertz CT molecular complexity index is 397. The Balaban J connectivity index is 0.000000203. The minimum Gasteiger partial charge on any atom is -0.508 e. The molecule has 100 valence electrons. The van der Waals surface area contributed by atoms with E-state index in [0.717, 1.165) is 19.4 Å². The van der Waals surface area contributed by atoms with E-state index in [-0.39, 0.29) is 5.60 Å². The molecule has 4 nitrogen and oxygen atoms in total. The summed E-state index contributed by atoms with van der Waals surface area (Å²) in [6, 6.07) is 5.49. The van der Waals surface area contributed by atoms with E-state index in [1.807, 2.05) is 32.9 Å². The molecule has 2 rings (SSSR count). The monoisotopic (exact) mass is 251 g/mol. The van der Waals surface area contributed by atoms with Crippen molar-refractivity contribution in [2.45, 2.75) is 39.2 Å². The molecule has 0 aliphatic carbocycles. The molecule has 1 aliphatic rings. The van der Waals surface area contributed by atoms with E-state index < -0.39 is 0 Å². The van der Waals surface area contributed by atoms with Crippen molar-refractivity contribution in [2.24, 2.45) is 0 Å². The van der Waals surface area contributed by atoms with Gasteiger partial charge in [0.25, 0.3) is 6.47 Å². The standard InChI is InChI=1S/C9H11NO.C5H10O2/c11-8-3-4-9-7(6-8)2-1-5-10-9;1-5(2,3)7-4-6/h3-4,6,10-11H,1-2,5H2;4H,1-3H3. The Morgan fingerprint density at radius 3 is 2.67 bits per heavy atom. The summed E-state index contributed by atoms with van der Waals surface area (Å²) >= 11 is 0. The van der Waals surface area contributed by atoms with Crippen LogP contribution in [0.25, 0.3) is 0 Å². The summed E-state index contributed by atoms with van der Waals surface area (Å²) in [5, 5.41) is 12.4. The fourth-order valence-corrected chi connectivity index (χ4v) is 1.61. The van der Waals surface area contributed by atoms with Crippen LogP contribution in [0.3, 0.4) is 0 Å². The molecule has 0 amide bonds. The van der Waals surface area contributed by atoms with Crippen LogP contribution in [0.15, 0.2) is 18.2 Å². The molecule has 0 aromatic heterocycles. The first kappa shape index (κ1) is 14.4. The number of aryl methyl sites for hydroxylation is 1. The second-order valence-corrected chi connectivity index (χ2v) is 5.20. The van der Waals surface area contributed by atoms with Gasteiger partial charge in [-0.05, 0) is 57.4 Å². The fraction of sp³-hybridized carbons (Fsp3) is 0.500. The van der Waals surface area contributed by atoms with E-state index in [9.17, 15) is 4.79 Å². The predicted molar refractivity (Wildman–Crippen MR) is 71.8 cm³/mol. The van der Waals surface area contributed by atoms with E-state index in [0.29, 0.717) is 12.2 Å². The number of hydrogen-bond donors (Lipinski definition) is 2. The van der Waals surface area contributed by atoms with Gasteiger partial charge in [-0.1, -0.05) is 0 Å². The van der Waals surface area contributed by atoms with Gasteiger partial charge in [-0.2, -0.15) is 0 Å². The molecule has 0 unspecified atom stereocenters. The van der Waals surface area contributed by atoms with Crippen molar-refractivity contribution in [1.82, 2.24) is 0 Å². The molecule has 1 aromatic rings. The summed E-state index contributed by atoms with van der Waals surface area (Å²) < 4.78 is 4.55. The van der Waals surface area contributed by atoms with Crippen molar-refractivity contribution in [1.29, 1.82) is 0 Å². The number of phenolic OH excluding ortho intramolecular Hbond substituents is 1. The number of phenols is 1. The summed E-state index contributed by atoms with van der Waals surface area (Å²) in [6.45, 7) is 6.97. The van der Waals surface area contributed by atoms with Crippen molar-refractivity contribution in [3.8, 4) is 5.75 Å². The third kappa shape index (κ3) is 5.08. The Morgan fingerprint density at radius 2 is 2.11 bits per heavy atom. The van der Waals surface area contributed by atoms with E-state index in [1.165, 1.54) is 11.3 Å². The van der Waals surface area contributed by atoms with Crippen molar-refractivity contribution in [2.75, 3.05) is 11.9 Å². The maximum absolute atomic E-state index is 9.60. The lowest BCUT2D eigenvalue weighted by molar-refractivity contribution is -0.138. The van der Waals surface area contributed by atoms with Gasteiger partial charge in [0.2, 0.25) is 0 Å². The summed E-state index contributed by atoms with van der Waals surface area (Å²) in [7, 11) is 0. The average Bonchev–Trinajstić information content (AvgIpc) is 2.28. The molecule has 18 heavy (non-hydrogen) atoms. The molecular weight excluding hydrogens is 230 g/mol. The lowest BCUT2D eigenvalue weighted by atomic mass is 10.0. The third-order valence-corrected chi connectivity index (χ3v) is 2.43. The van der Waals surface area contributed by atoms with Crippen LogP contribution in [0, 0.1) is 0 Å². The topological polar surface area (TPSA) is 58.6 Å². The van der Waals surface area contributed by atoms with Gasteiger partial charge in [0, 0.05) is 12.2 Å². The number of hydrogen-bond acceptors (Lipinski definition) is 4. The molecule has 0 spiro atoms. The molecule has 4 heteroatoms. The minimum atomic E-state index is -0.318. The molecule has 0 bridgehead atoms. The smallest absolute Gasteiger partial charge is 0.293 e. The Hall–Kier alpha value is -1.71. The van der Waals surface area contributed by atoms with E-state index in [4.69, 9.17) is 5.11 Å². The quantitative estimate of drug-likeness (QED) is 0.595. The van der Waals surface area contributed by atoms with Crippen LogP contribution in [0.4, 0.5) is 5.69 Å². The molecule has 1 aromatic carbocycles. The van der Waals surface area contributed by atoms with Gasteiger partial charge in [0.1, 0.15) is 11.4 Å². The number of carbonyl (C=O) groups is 1. The van der Waals surface area contributed by atoms with Crippen LogP contribution >= 0.6 is 0 Å². The van der Waals surface area contributed by atoms with Gasteiger partial charge >= 0.3 is 0 Å². The maximum atomic E-state index is 9.60.